The summed E-state index contributed by atoms with van der Waals surface area (Å²) in [5.74, 6) is 0. The minimum absolute atomic E-state index is 0.164. The molecule has 0 atom stereocenters. The Morgan fingerprint density at radius 2 is 1.89 bits per heavy atom. The SMILES string of the molecule is Cc1nn(C)c(C)c1CCNC(=O)NCc1ccccc1Cn1cccn1. The molecule has 142 valence electrons. The van der Waals surface area contributed by atoms with E-state index in [1.165, 1.54) is 5.56 Å². The maximum Gasteiger partial charge on any atom is 0.315 e. The van der Waals surface area contributed by atoms with Gasteiger partial charge in [-0.25, -0.2) is 4.79 Å². The summed E-state index contributed by atoms with van der Waals surface area (Å²) >= 11 is 0. The molecule has 2 amide bonds. The van der Waals surface area contributed by atoms with E-state index in [0.29, 0.717) is 19.6 Å². The molecule has 0 aliphatic heterocycles. The zero-order valence-electron chi connectivity index (χ0n) is 16.1. The second-order valence-corrected chi connectivity index (χ2v) is 6.60. The highest BCUT2D eigenvalue weighted by atomic mass is 16.2. The van der Waals surface area contributed by atoms with Crippen molar-refractivity contribution in [3.63, 3.8) is 0 Å². The second-order valence-electron chi connectivity index (χ2n) is 6.60. The Bertz CT molecular complexity index is 897. The van der Waals surface area contributed by atoms with Gasteiger partial charge in [0.25, 0.3) is 0 Å². The van der Waals surface area contributed by atoms with Gasteiger partial charge in [-0.1, -0.05) is 24.3 Å². The Labute approximate surface area is 159 Å². The first-order chi connectivity index (χ1) is 13.0. The molecule has 0 unspecified atom stereocenters. The fourth-order valence-corrected chi connectivity index (χ4v) is 3.17. The minimum atomic E-state index is -0.164. The maximum atomic E-state index is 12.1. The van der Waals surface area contributed by atoms with E-state index in [-0.39, 0.29) is 6.03 Å². The topological polar surface area (TPSA) is 76.8 Å². The fourth-order valence-electron chi connectivity index (χ4n) is 3.17. The summed E-state index contributed by atoms with van der Waals surface area (Å²) < 4.78 is 3.75. The average Bonchev–Trinajstić information content (AvgIpc) is 3.24. The number of nitrogens with one attached hydrogen (secondary N) is 2. The van der Waals surface area contributed by atoms with Gasteiger partial charge in [0.2, 0.25) is 0 Å². The van der Waals surface area contributed by atoms with Crippen LogP contribution in [0.3, 0.4) is 0 Å². The summed E-state index contributed by atoms with van der Waals surface area (Å²) in [5, 5.41) is 14.5. The standard InChI is InChI=1S/C20H26N6O/c1-15-19(16(2)25(3)24-15)9-11-21-20(27)22-13-17-7-4-5-8-18(17)14-26-12-6-10-23-26/h4-8,10,12H,9,11,13-14H2,1-3H3,(H2,21,22,27). The molecule has 2 N–H and O–H groups in total. The largest absolute Gasteiger partial charge is 0.338 e. The van der Waals surface area contributed by atoms with Crippen LogP contribution in [-0.2, 0) is 26.6 Å². The molecular formula is C20H26N6O. The number of urea groups is 1. The van der Waals surface area contributed by atoms with E-state index in [1.807, 2.05) is 60.7 Å². The molecule has 1 aromatic carbocycles. The van der Waals surface area contributed by atoms with Crippen molar-refractivity contribution in [2.45, 2.75) is 33.4 Å². The maximum absolute atomic E-state index is 12.1. The van der Waals surface area contributed by atoms with Crippen LogP contribution in [0.25, 0.3) is 0 Å². The first kappa shape index (κ1) is 18.7. The molecule has 0 fully saturated rings. The van der Waals surface area contributed by atoms with Crippen molar-refractivity contribution in [3.05, 3.63) is 70.8 Å². The van der Waals surface area contributed by atoms with Gasteiger partial charge >= 0.3 is 6.03 Å². The second kappa shape index (κ2) is 8.53. The van der Waals surface area contributed by atoms with E-state index in [9.17, 15) is 4.79 Å². The molecule has 0 saturated heterocycles. The van der Waals surface area contributed by atoms with Gasteiger partial charge in [-0.15, -0.1) is 0 Å². The predicted octanol–water partition coefficient (Wildman–Crippen LogP) is 2.32. The van der Waals surface area contributed by atoms with Gasteiger partial charge in [-0.2, -0.15) is 10.2 Å². The highest BCUT2D eigenvalue weighted by Crippen LogP contribution is 2.12. The highest BCUT2D eigenvalue weighted by molar-refractivity contribution is 5.73. The van der Waals surface area contributed by atoms with E-state index in [0.717, 1.165) is 28.9 Å². The van der Waals surface area contributed by atoms with Crippen LogP contribution in [-0.4, -0.2) is 32.1 Å². The minimum Gasteiger partial charge on any atom is -0.338 e. The van der Waals surface area contributed by atoms with E-state index >= 15 is 0 Å². The van der Waals surface area contributed by atoms with E-state index in [1.54, 1.807) is 6.20 Å². The van der Waals surface area contributed by atoms with Crippen molar-refractivity contribution >= 4 is 6.03 Å². The van der Waals surface area contributed by atoms with Gasteiger partial charge in [-0.05, 0) is 43.0 Å². The molecule has 3 rings (SSSR count). The molecule has 0 aliphatic rings. The lowest BCUT2D eigenvalue weighted by Crippen LogP contribution is -2.36. The smallest absolute Gasteiger partial charge is 0.315 e. The Hall–Kier alpha value is -3.09. The molecule has 7 nitrogen and oxygen atoms in total. The van der Waals surface area contributed by atoms with Crippen LogP contribution >= 0.6 is 0 Å². The van der Waals surface area contributed by atoms with Crippen molar-refractivity contribution < 1.29 is 4.79 Å². The number of carbonyl (C=O) groups excluding carboxylic acids is 1. The monoisotopic (exact) mass is 366 g/mol. The molecule has 2 heterocycles. The number of hydrogen-bond acceptors (Lipinski definition) is 3. The summed E-state index contributed by atoms with van der Waals surface area (Å²) in [6, 6.07) is 9.81. The normalized spacial score (nSPS) is 10.8. The molecule has 7 heteroatoms. The third-order valence-corrected chi connectivity index (χ3v) is 4.77. The molecule has 0 spiro atoms. The summed E-state index contributed by atoms with van der Waals surface area (Å²) in [5.41, 5.74) is 5.58. The molecular weight excluding hydrogens is 340 g/mol. The number of aryl methyl sites for hydroxylation is 2. The number of hydrogen-bond donors (Lipinski definition) is 2. The molecule has 0 saturated carbocycles. The molecule has 2 aromatic heterocycles. The van der Waals surface area contributed by atoms with Crippen LogP contribution in [0, 0.1) is 13.8 Å². The van der Waals surface area contributed by atoms with Crippen molar-refractivity contribution in [2.75, 3.05) is 6.54 Å². The lowest BCUT2D eigenvalue weighted by atomic mass is 10.1. The molecule has 3 aromatic rings. The van der Waals surface area contributed by atoms with Crippen LogP contribution in [0.2, 0.25) is 0 Å². The van der Waals surface area contributed by atoms with Crippen LogP contribution in [0.4, 0.5) is 4.79 Å². The average molecular weight is 366 g/mol. The Morgan fingerprint density at radius 3 is 2.56 bits per heavy atom. The predicted molar refractivity (Wildman–Crippen MR) is 104 cm³/mol. The fraction of sp³-hybridized carbons (Fsp3) is 0.350. The zero-order valence-corrected chi connectivity index (χ0v) is 16.1. The Kier molecular flexibility index (Phi) is 5.90. The number of nitrogens with zero attached hydrogens (tertiary/aromatic N) is 4. The number of benzene rings is 1. The van der Waals surface area contributed by atoms with Gasteiger partial charge in [0.15, 0.2) is 0 Å². The van der Waals surface area contributed by atoms with Crippen LogP contribution in [0.15, 0.2) is 42.7 Å². The zero-order chi connectivity index (χ0) is 19.2. The van der Waals surface area contributed by atoms with Crippen LogP contribution in [0.1, 0.15) is 28.1 Å². The lowest BCUT2D eigenvalue weighted by molar-refractivity contribution is 0.240. The Morgan fingerprint density at radius 1 is 1.11 bits per heavy atom. The molecule has 27 heavy (non-hydrogen) atoms. The van der Waals surface area contributed by atoms with Gasteiger partial charge < -0.3 is 10.6 Å². The first-order valence-corrected chi connectivity index (χ1v) is 9.09. The van der Waals surface area contributed by atoms with Gasteiger partial charge in [0.1, 0.15) is 0 Å². The van der Waals surface area contributed by atoms with Crippen molar-refractivity contribution in [2.24, 2.45) is 7.05 Å². The summed E-state index contributed by atoms with van der Waals surface area (Å²) in [6.07, 6.45) is 4.47. The quantitative estimate of drug-likeness (QED) is 0.674. The van der Waals surface area contributed by atoms with Crippen LogP contribution < -0.4 is 10.6 Å². The molecule has 0 radical (unpaired) electrons. The van der Waals surface area contributed by atoms with E-state index in [4.69, 9.17) is 0 Å². The van der Waals surface area contributed by atoms with Gasteiger partial charge in [0.05, 0.1) is 12.2 Å². The highest BCUT2D eigenvalue weighted by Gasteiger charge is 2.10. The van der Waals surface area contributed by atoms with Crippen molar-refractivity contribution in [1.29, 1.82) is 0 Å². The third kappa shape index (κ3) is 4.75. The summed E-state index contributed by atoms with van der Waals surface area (Å²) in [6.45, 7) is 5.79. The number of amides is 2. The molecule has 0 bridgehead atoms. The summed E-state index contributed by atoms with van der Waals surface area (Å²) in [7, 11) is 1.94. The number of rotatable bonds is 7. The Balaban J connectivity index is 1.49. The third-order valence-electron chi connectivity index (χ3n) is 4.77. The van der Waals surface area contributed by atoms with Crippen molar-refractivity contribution in [1.82, 2.24) is 30.2 Å². The lowest BCUT2D eigenvalue weighted by Gasteiger charge is -2.12. The molecule has 0 aliphatic carbocycles. The number of carbonyl (C=O) groups is 1. The van der Waals surface area contributed by atoms with Crippen LogP contribution in [0.5, 0.6) is 0 Å². The first-order valence-electron chi connectivity index (χ1n) is 9.09. The van der Waals surface area contributed by atoms with E-state index in [2.05, 4.69) is 26.9 Å². The summed E-state index contributed by atoms with van der Waals surface area (Å²) in [4.78, 5) is 12.1. The van der Waals surface area contributed by atoms with Gasteiger partial charge in [0, 0.05) is 38.2 Å². The van der Waals surface area contributed by atoms with E-state index < -0.39 is 0 Å². The van der Waals surface area contributed by atoms with Gasteiger partial charge in [-0.3, -0.25) is 9.36 Å². The number of aromatic nitrogens is 4. The van der Waals surface area contributed by atoms with Crippen molar-refractivity contribution in [3.8, 4) is 0 Å².